The standard InChI is InChI=1S/C13H19N3O2/c1-9-14-13(15-18-9)5-6-16-10-3-2-4-11(16)8-12(17)7-10/h10-11H,2-8H2,1H3. The molecule has 0 amide bonds. The van der Waals surface area contributed by atoms with E-state index in [-0.39, 0.29) is 0 Å². The summed E-state index contributed by atoms with van der Waals surface area (Å²) in [6.07, 6.45) is 5.88. The molecule has 2 aliphatic heterocycles. The molecule has 3 heterocycles. The molecule has 2 bridgehead atoms. The van der Waals surface area contributed by atoms with Crippen molar-refractivity contribution in [1.82, 2.24) is 15.0 Å². The number of hydrogen-bond donors (Lipinski definition) is 0. The molecular formula is C13H19N3O2. The molecule has 0 aliphatic carbocycles. The van der Waals surface area contributed by atoms with Crippen molar-refractivity contribution in [3.63, 3.8) is 0 Å². The average molecular weight is 249 g/mol. The number of hydrogen-bond acceptors (Lipinski definition) is 5. The lowest BCUT2D eigenvalue weighted by molar-refractivity contribution is -0.127. The molecule has 2 fully saturated rings. The first-order valence-electron chi connectivity index (χ1n) is 6.79. The van der Waals surface area contributed by atoms with Crippen molar-refractivity contribution in [3.8, 4) is 0 Å². The maximum Gasteiger partial charge on any atom is 0.223 e. The second-order valence-corrected chi connectivity index (χ2v) is 5.40. The van der Waals surface area contributed by atoms with Gasteiger partial charge in [0.25, 0.3) is 0 Å². The van der Waals surface area contributed by atoms with Crippen molar-refractivity contribution in [2.24, 2.45) is 0 Å². The Bertz CT molecular complexity index is 427. The van der Waals surface area contributed by atoms with Crippen molar-refractivity contribution in [2.75, 3.05) is 6.54 Å². The Morgan fingerprint density at radius 1 is 1.33 bits per heavy atom. The second kappa shape index (κ2) is 4.80. The number of aromatic nitrogens is 2. The van der Waals surface area contributed by atoms with Crippen molar-refractivity contribution in [1.29, 1.82) is 0 Å². The van der Waals surface area contributed by atoms with E-state index in [0.717, 1.165) is 44.5 Å². The van der Waals surface area contributed by atoms with Crippen LogP contribution in [-0.4, -0.2) is 39.5 Å². The monoisotopic (exact) mass is 249 g/mol. The van der Waals surface area contributed by atoms with Gasteiger partial charge in [0.05, 0.1) is 0 Å². The van der Waals surface area contributed by atoms with Crippen LogP contribution in [-0.2, 0) is 11.2 Å². The van der Waals surface area contributed by atoms with Crippen LogP contribution in [0.3, 0.4) is 0 Å². The fourth-order valence-electron chi connectivity index (χ4n) is 3.30. The van der Waals surface area contributed by atoms with Crippen molar-refractivity contribution >= 4 is 5.78 Å². The van der Waals surface area contributed by atoms with Gasteiger partial charge in [-0.1, -0.05) is 11.6 Å². The van der Waals surface area contributed by atoms with Gasteiger partial charge in [0.2, 0.25) is 5.89 Å². The van der Waals surface area contributed by atoms with E-state index in [4.69, 9.17) is 4.52 Å². The minimum absolute atomic E-state index is 0.441. The fourth-order valence-corrected chi connectivity index (χ4v) is 3.30. The molecule has 0 radical (unpaired) electrons. The van der Waals surface area contributed by atoms with Gasteiger partial charge in [-0.15, -0.1) is 0 Å². The number of Topliss-reactive ketones (excluding diaryl/α,β-unsaturated/α-hetero) is 1. The van der Waals surface area contributed by atoms with Gasteiger partial charge in [-0.2, -0.15) is 4.98 Å². The van der Waals surface area contributed by atoms with Crippen LogP contribution in [0.2, 0.25) is 0 Å². The number of rotatable bonds is 3. The van der Waals surface area contributed by atoms with Crippen molar-refractivity contribution in [2.45, 2.75) is 57.5 Å². The molecule has 3 rings (SSSR count). The molecule has 0 N–H and O–H groups in total. The third-order valence-electron chi connectivity index (χ3n) is 4.10. The fraction of sp³-hybridized carbons (Fsp3) is 0.769. The van der Waals surface area contributed by atoms with Gasteiger partial charge in [0, 0.05) is 44.8 Å². The Labute approximate surface area is 107 Å². The highest BCUT2D eigenvalue weighted by Crippen LogP contribution is 2.32. The molecule has 18 heavy (non-hydrogen) atoms. The first-order chi connectivity index (χ1) is 8.72. The van der Waals surface area contributed by atoms with Crippen molar-refractivity contribution < 1.29 is 9.32 Å². The maximum absolute atomic E-state index is 11.6. The van der Waals surface area contributed by atoms with Crippen LogP contribution >= 0.6 is 0 Å². The Balaban J connectivity index is 1.63. The van der Waals surface area contributed by atoms with Crippen LogP contribution in [0.15, 0.2) is 4.52 Å². The summed E-state index contributed by atoms with van der Waals surface area (Å²) in [5, 5.41) is 3.93. The molecule has 0 aromatic carbocycles. The minimum atomic E-state index is 0.441. The van der Waals surface area contributed by atoms with E-state index in [1.165, 1.54) is 6.42 Å². The number of aryl methyl sites for hydroxylation is 1. The maximum atomic E-state index is 11.6. The molecule has 98 valence electrons. The SMILES string of the molecule is Cc1nc(CCN2C3CCCC2CC(=O)C3)no1. The summed E-state index contributed by atoms with van der Waals surface area (Å²) in [4.78, 5) is 18.4. The largest absolute Gasteiger partial charge is 0.340 e. The first kappa shape index (κ1) is 11.8. The highest BCUT2D eigenvalue weighted by Gasteiger charge is 2.37. The first-order valence-corrected chi connectivity index (χ1v) is 6.79. The summed E-state index contributed by atoms with van der Waals surface area (Å²) in [6.45, 7) is 2.76. The van der Waals surface area contributed by atoms with Gasteiger partial charge in [0.15, 0.2) is 5.82 Å². The van der Waals surface area contributed by atoms with Gasteiger partial charge < -0.3 is 4.52 Å². The average Bonchev–Trinajstić information content (AvgIpc) is 2.72. The van der Waals surface area contributed by atoms with Crippen LogP contribution < -0.4 is 0 Å². The summed E-state index contributed by atoms with van der Waals surface area (Å²) >= 11 is 0. The zero-order chi connectivity index (χ0) is 12.5. The number of nitrogens with zero attached hydrogens (tertiary/aromatic N) is 3. The van der Waals surface area contributed by atoms with E-state index in [1.54, 1.807) is 0 Å². The van der Waals surface area contributed by atoms with Gasteiger partial charge in [-0.25, -0.2) is 0 Å². The van der Waals surface area contributed by atoms with Gasteiger partial charge in [0.1, 0.15) is 5.78 Å². The number of fused-ring (bicyclic) bond motifs is 2. The van der Waals surface area contributed by atoms with Gasteiger partial charge in [-0.3, -0.25) is 9.69 Å². The summed E-state index contributed by atoms with van der Waals surface area (Å²) in [5.41, 5.74) is 0. The zero-order valence-electron chi connectivity index (χ0n) is 10.8. The Hall–Kier alpha value is -1.23. The molecule has 0 spiro atoms. The van der Waals surface area contributed by atoms with Gasteiger partial charge in [-0.05, 0) is 12.8 Å². The summed E-state index contributed by atoms with van der Waals surface area (Å²) in [5.74, 6) is 1.85. The highest BCUT2D eigenvalue weighted by molar-refractivity contribution is 5.80. The lowest BCUT2D eigenvalue weighted by Crippen LogP contribution is -2.52. The third-order valence-corrected chi connectivity index (χ3v) is 4.10. The highest BCUT2D eigenvalue weighted by atomic mass is 16.5. The normalized spacial score (nSPS) is 28.6. The van der Waals surface area contributed by atoms with E-state index in [0.29, 0.717) is 23.8 Å². The molecule has 5 nitrogen and oxygen atoms in total. The molecule has 2 aliphatic rings. The Morgan fingerprint density at radius 3 is 2.67 bits per heavy atom. The van der Waals surface area contributed by atoms with E-state index in [2.05, 4.69) is 15.0 Å². The van der Waals surface area contributed by atoms with Gasteiger partial charge >= 0.3 is 0 Å². The predicted molar refractivity (Wildman–Crippen MR) is 65.1 cm³/mol. The summed E-state index contributed by atoms with van der Waals surface area (Å²) in [7, 11) is 0. The smallest absolute Gasteiger partial charge is 0.223 e. The van der Waals surface area contributed by atoms with E-state index in [1.807, 2.05) is 6.92 Å². The topological polar surface area (TPSA) is 59.2 Å². The van der Waals surface area contributed by atoms with E-state index >= 15 is 0 Å². The van der Waals surface area contributed by atoms with E-state index in [9.17, 15) is 4.79 Å². The second-order valence-electron chi connectivity index (χ2n) is 5.40. The van der Waals surface area contributed by atoms with Crippen LogP contribution in [0.1, 0.15) is 43.8 Å². The number of ketones is 1. The number of carbonyl (C=O) groups is 1. The molecule has 1 aromatic heterocycles. The minimum Gasteiger partial charge on any atom is -0.340 e. The summed E-state index contributed by atoms with van der Waals surface area (Å²) in [6, 6.07) is 0.913. The molecule has 2 unspecified atom stereocenters. The van der Waals surface area contributed by atoms with Crippen molar-refractivity contribution in [3.05, 3.63) is 11.7 Å². The van der Waals surface area contributed by atoms with E-state index < -0.39 is 0 Å². The molecular weight excluding hydrogens is 230 g/mol. The quantitative estimate of drug-likeness (QED) is 0.812. The molecule has 0 saturated carbocycles. The molecule has 2 atom stereocenters. The predicted octanol–water partition coefficient (Wildman–Crippen LogP) is 1.51. The Morgan fingerprint density at radius 2 is 2.06 bits per heavy atom. The zero-order valence-corrected chi connectivity index (χ0v) is 10.8. The molecule has 2 saturated heterocycles. The Kier molecular flexibility index (Phi) is 3.16. The van der Waals surface area contributed by atoms with Crippen LogP contribution in [0, 0.1) is 6.92 Å². The summed E-state index contributed by atoms with van der Waals surface area (Å²) < 4.78 is 4.98. The lowest BCUT2D eigenvalue weighted by Gasteiger charge is -2.45. The number of piperidine rings is 2. The third kappa shape index (κ3) is 2.32. The number of carbonyl (C=O) groups excluding carboxylic acids is 1. The molecule has 1 aromatic rings. The van der Waals surface area contributed by atoms with Crippen LogP contribution in [0.25, 0.3) is 0 Å². The molecule has 5 heteroatoms. The van der Waals surface area contributed by atoms with Crippen LogP contribution in [0.5, 0.6) is 0 Å². The lowest BCUT2D eigenvalue weighted by atomic mass is 9.83. The van der Waals surface area contributed by atoms with Crippen LogP contribution in [0.4, 0.5) is 0 Å².